The van der Waals surface area contributed by atoms with Gasteiger partial charge in [-0.1, -0.05) is 13.8 Å². The van der Waals surface area contributed by atoms with E-state index in [4.69, 9.17) is 0 Å². The van der Waals surface area contributed by atoms with E-state index in [0.717, 1.165) is 15.2 Å². The molecule has 0 saturated carbocycles. The van der Waals surface area contributed by atoms with Crippen molar-refractivity contribution in [2.45, 2.75) is 26.3 Å². The number of hydrogen-bond donors (Lipinski definition) is 1. The van der Waals surface area contributed by atoms with Crippen LogP contribution < -0.4 is 5.32 Å². The van der Waals surface area contributed by atoms with Crippen LogP contribution in [0.25, 0.3) is 0 Å². The Hall–Kier alpha value is -0.790. The van der Waals surface area contributed by atoms with Crippen LogP contribution in [0, 0.1) is 0 Å². The number of halogens is 1. The van der Waals surface area contributed by atoms with E-state index in [1.807, 2.05) is 5.38 Å². The second kappa shape index (κ2) is 5.90. The van der Waals surface area contributed by atoms with E-state index in [9.17, 15) is 4.79 Å². The summed E-state index contributed by atoms with van der Waals surface area (Å²) < 4.78 is 4.67. The molecule has 4 nitrogen and oxygen atoms in total. The van der Waals surface area contributed by atoms with Crippen LogP contribution in [-0.2, 0) is 6.54 Å². The minimum atomic E-state index is -0.120. The van der Waals surface area contributed by atoms with Crippen LogP contribution in [-0.4, -0.2) is 15.3 Å². The molecule has 0 aromatic carbocycles. The Morgan fingerprint density at radius 1 is 1.56 bits per heavy atom. The maximum atomic E-state index is 11.8. The first kappa shape index (κ1) is 13.6. The fourth-order valence-corrected chi connectivity index (χ4v) is 3.37. The average molecular weight is 346 g/mol. The normalized spacial score (nSPS) is 10.9. The van der Waals surface area contributed by atoms with Crippen molar-refractivity contribution in [3.05, 3.63) is 31.6 Å². The molecule has 7 heteroatoms. The Balaban J connectivity index is 1.95. The number of carbonyl (C=O) groups excluding carboxylic acids is 1. The first-order valence-corrected chi connectivity index (χ1v) is 7.85. The number of hydrogen-bond acceptors (Lipinski definition) is 5. The fourth-order valence-electron chi connectivity index (χ4n) is 1.29. The number of carbonyl (C=O) groups is 1. The van der Waals surface area contributed by atoms with Gasteiger partial charge >= 0.3 is 0 Å². The smallest absolute Gasteiger partial charge is 0.264 e. The molecule has 1 amide bonds. The van der Waals surface area contributed by atoms with Crippen LogP contribution in [0.2, 0.25) is 0 Å². The summed E-state index contributed by atoms with van der Waals surface area (Å²) >= 11 is 6.04. The van der Waals surface area contributed by atoms with Gasteiger partial charge < -0.3 is 5.32 Å². The number of nitrogens with zero attached hydrogens (tertiary/aromatic N) is 2. The lowest BCUT2D eigenvalue weighted by Gasteiger charge is -2.01. The number of rotatable bonds is 4. The largest absolute Gasteiger partial charge is 0.345 e. The van der Waals surface area contributed by atoms with Crippen LogP contribution in [0.4, 0.5) is 0 Å². The molecule has 18 heavy (non-hydrogen) atoms. The van der Waals surface area contributed by atoms with Crippen molar-refractivity contribution in [1.82, 2.24) is 14.7 Å². The monoisotopic (exact) mass is 345 g/mol. The highest BCUT2D eigenvalue weighted by atomic mass is 79.9. The van der Waals surface area contributed by atoms with E-state index >= 15 is 0 Å². The predicted octanol–water partition coefficient (Wildman–Crippen LogP) is 3.42. The summed E-state index contributed by atoms with van der Waals surface area (Å²) in [5.41, 5.74) is 1.07. The van der Waals surface area contributed by atoms with Gasteiger partial charge in [0.05, 0.1) is 22.9 Å². The lowest BCUT2D eigenvalue weighted by atomic mass is 10.2. The van der Waals surface area contributed by atoms with E-state index in [2.05, 4.69) is 44.5 Å². The fraction of sp³-hybridized carbons (Fsp3) is 0.364. The maximum Gasteiger partial charge on any atom is 0.264 e. The highest BCUT2D eigenvalue weighted by Crippen LogP contribution is 2.20. The Bertz CT molecular complexity index is 550. The molecule has 0 aliphatic rings. The van der Waals surface area contributed by atoms with E-state index in [0.29, 0.717) is 17.3 Å². The number of nitrogens with one attached hydrogen (secondary N) is 1. The van der Waals surface area contributed by atoms with Gasteiger partial charge in [0.15, 0.2) is 0 Å². The molecule has 0 saturated heterocycles. The summed E-state index contributed by atoms with van der Waals surface area (Å²) in [4.78, 5) is 16.9. The van der Waals surface area contributed by atoms with Gasteiger partial charge in [-0.05, 0) is 33.4 Å². The second-order valence-electron chi connectivity index (χ2n) is 4.01. The molecule has 1 N–H and O–H groups in total. The van der Waals surface area contributed by atoms with Crippen molar-refractivity contribution in [2.75, 3.05) is 0 Å². The molecule has 0 fully saturated rings. The van der Waals surface area contributed by atoms with Crippen molar-refractivity contribution >= 4 is 44.7 Å². The minimum Gasteiger partial charge on any atom is -0.345 e. The summed E-state index contributed by atoms with van der Waals surface area (Å²) in [7, 11) is 0. The summed E-state index contributed by atoms with van der Waals surface area (Å²) in [5, 5.41) is 5.80. The molecule has 96 valence electrons. The first-order chi connectivity index (χ1) is 8.58. The summed E-state index contributed by atoms with van der Waals surface area (Å²) in [5.74, 6) is 0.298. The summed E-state index contributed by atoms with van der Waals surface area (Å²) in [6.45, 7) is 4.66. The van der Waals surface area contributed by atoms with Crippen LogP contribution in [0.5, 0.6) is 0 Å². The summed E-state index contributed by atoms with van der Waals surface area (Å²) in [6, 6.07) is 0. The zero-order valence-corrected chi connectivity index (χ0v) is 13.2. The Morgan fingerprint density at radius 2 is 2.33 bits per heavy atom. The molecule has 0 aliphatic carbocycles. The molecule has 2 aromatic heterocycles. The molecule has 0 aliphatic heterocycles. The van der Waals surface area contributed by atoms with Crippen LogP contribution in [0.1, 0.15) is 40.1 Å². The third-order valence-corrected chi connectivity index (χ3v) is 4.82. The Labute approximate surface area is 122 Å². The zero-order valence-electron chi connectivity index (χ0n) is 9.94. The van der Waals surface area contributed by atoms with E-state index in [-0.39, 0.29) is 5.91 Å². The van der Waals surface area contributed by atoms with Crippen molar-refractivity contribution in [1.29, 1.82) is 0 Å². The number of amides is 1. The van der Waals surface area contributed by atoms with Gasteiger partial charge in [0.1, 0.15) is 9.88 Å². The highest BCUT2D eigenvalue weighted by Gasteiger charge is 2.13. The lowest BCUT2D eigenvalue weighted by Crippen LogP contribution is -2.22. The molecular formula is C11H12BrN3OS2. The zero-order chi connectivity index (χ0) is 13.1. The topological polar surface area (TPSA) is 54.9 Å². The van der Waals surface area contributed by atoms with E-state index < -0.39 is 0 Å². The molecule has 0 unspecified atom stereocenters. The van der Waals surface area contributed by atoms with Gasteiger partial charge in [0, 0.05) is 5.38 Å². The Kier molecular flexibility index (Phi) is 4.47. The van der Waals surface area contributed by atoms with Crippen LogP contribution in [0.15, 0.2) is 16.0 Å². The third-order valence-electron chi connectivity index (χ3n) is 2.29. The van der Waals surface area contributed by atoms with Crippen molar-refractivity contribution in [3.63, 3.8) is 0 Å². The molecule has 2 heterocycles. The van der Waals surface area contributed by atoms with Gasteiger partial charge in [-0.3, -0.25) is 4.79 Å². The lowest BCUT2D eigenvalue weighted by molar-refractivity contribution is 0.0954. The standard InChI is InChI=1S/C11H12BrN3OS2/c1-6(2)8-5-17-9(15-8)4-13-11(16)10-7(12)3-14-18-10/h3,5-6H,4H2,1-2H3,(H,13,16). The molecule has 0 bridgehead atoms. The van der Waals surface area contributed by atoms with Crippen LogP contribution >= 0.6 is 38.8 Å². The number of aromatic nitrogens is 2. The Morgan fingerprint density at radius 3 is 2.89 bits per heavy atom. The molecular weight excluding hydrogens is 334 g/mol. The first-order valence-electron chi connectivity index (χ1n) is 5.40. The van der Waals surface area contributed by atoms with E-state index in [1.165, 1.54) is 11.5 Å². The minimum absolute atomic E-state index is 0.120. The number of thiazole rings is 1. The molecule has 2 aromatic rings. The van der Waals surface area contributed by atoms with Gasteiger partial charge in [0.25, 0.3) is 5.91 Å². The van der Waals surface area contributed by atoms with Crippen molar-refractivity contribution in [2.24, 2.45) is 0 Å². The SMILES string of the molecule is CC(C)c1csc(CNC(=O)c2sncc2Br)n1. The predicted molar refractivity (Wildman–Crippen MR) is 77.2 cm³/mol. The highest BCUT2D eigenvalue weighted by molar-refractivity contribution is 9.10. The van der Waals surface area contributed by atoms with Crippen molar-refractivity contribution < 1.29 is 4.79 Å². The van der Waals surface area contributed by atoms with Crippen LogP contribution in [0.3, 0.4) is 0 Å². The van der Waals surface area contributed by atoms with E-state index in [1.54, 1.807) is 17.5 Å². The maximum absolute atomic E-state index is 11.8. The van der Waals surface area contributed by atoms with Gasteiger partial charge in [-0.25, -0.2) is 4.98 Å². The molecule has 0 spiro atoms. The third kappa shape index (κ3) is 3.15. The summed E-state index contributed by atoms with van der Waals surface area (Å²) in [6.07, 6.45) is 1.62. The molecule has 0 radical (unpaired) electrons. The second-order valence-corrected chi connectivity index (χ2v) is 6.60. The van der Waals surface area contributed by atoms with Crippen molar-refractivity contribution in [3.8, 4) is 0 Å². The van der Waals surface area contributed by atoms with Gasteiger partial charge in [0.2, 0.25) is 0 Å². The average Bonchev–Trinajstić information content (AvgIpc) is 2.94. The van der Waals surface area contributed by atoms with Gasteiger partial charge in [-0.15, -0.1) is 11.3 Å². The van der Waals surface area contributed by atoms with Gasteiger partial charge in [-0.2, -0.15) is 4.37 Å². The molecule has 2 rings (SSSR count). The quantitative estimate of drug-likeness (QED) is 0.923. The molecule has 0 atom stereocenters.